The van der Waals surface area contributed by atoms with Gasteiger partial charge in [0.05, 0.1) is 0 Å². The molecule has 4 N–H and O–H groups in total. The number of nitrogens with zero attached hydrogens (tertiary/aromatic N) is 1. The number of amidine groups is 1. The second-order valence-corrected chi connectivity index (χ2v) is 5.02. The molecule has 0 bridgehead atoms. The predicted octanol–water partition coefficient (Wildman–Crippen LogP) is 1.16. The van der Waals surface area contributed by atoms with Gasteiger partial charge in [0.25, 0.3) is 5.91 Å². The van der Waals surface area contributed by atoms with Crippen LogP contribution in [0.5, 0.6) is 0 Å². The summed E-state index contributed by atoms with van der Waals surface area (Å²) in [6.07, 6.45) is 1.51. The molecule has 0 spiro atoms. The molecule has 1 amide bonds. The molecule has 2 rings (SSSR count). The van der Waals surface area contributed by atoms with Gasteiger partial charge in [0, 0.05) is 6.61 Å². The molecule has 1 aromatic carbocycles. The smallest absolute Gasteiger partial charge is 0.252 e. The van der Waals surface area contributed by atoms with Gasteiger partial charge in [-0.05, 0) is 25.3 Å². The molecular formula is C14H19N3O3. The van der Waals surface area contributed by atoms with E-state index in [1.54, 1.807) is 19.1 Å². The first-order valence-corrected chi connectivity index (χ1v) is 6.54. The fourth-order valence-corrected chi connectivity index (χ4v) is 2.27. The Morgan fingerprint density at radius 2 is 2.20 bits per heavy atom. The number of nitrogens with one attached hydrogen (secondary N) is 1. The van der Waals surface area contributed by atoms with Gasteiger partial charge in [-0.3, -0.25) is 4.79 Å². The van der Waals surface area contributed by atoms with Crippen molar-refractivity contribution >= 4 is 11.7 Å². The monoisotopic (exact) mass is 277 g/mol. The third kappa shape index (κ3) is 2.91. The van der Waals surface area contributed by atoms with Gasteiger partial charge in [0.15, 0.2) is 5.84 Å². The van der Waals surface area contributed by atoms with Crippen molar-refractivity contribution in [2.75, 3.05) is 6.61 Å². The molecule has 1 aliphatic heterocycles. The van der Waals surface area contributed by atoms with Crippen LogP contribution in [0.2, 0.25) is 0 Å². The summed E-state index contributed by atoms with van der Waals surface area (Å²) in [5.41, 5.74) is 5.59. The summed E-state index contributed by atoms with van der Waals surface area (Å²) in [7, 11) is 0. The number of benzene rings is 1. The van der Waals surface area contributed by atoms with Gasteiger partial charge in [-0.1, -0.05) is 35.5 Å². The van der Waals surface area contributed by atoms with Crippen molar-refractivity contribution in [3.05, 3.63) is 35.9 Å². The molecule has 2 atom stereocenters. The van der Waals surface area contributed by atoms with Crippen LogP contribution in [0.4, 0.5) is 0 Å². The van der Waals surface area contributed by atoms with E-state index < -0.39 is 11.6 Å². The minimum absolute atomic E-state index is 0.0638. The van der Waals surface area contributed by atoms with Crippen LogP contribution in [-0.4, -0.2) is 29.2 Å². The molecule has 6 heteroatoms. The molecule has 0 aromatic heterocycles. The molecule has 0 radical (unpaired) electrons. The summed E-state index contributed by atoms with van der Waals surface area (Å²) in [5.74, 6) is -0.318. The van der Waals surface area contributed by atoms with Crippen LogP contribution in [0.15, 0.2) is 35.5 Å². The van der Waals surface area contributed by atoms with Crippen LogP contribution in [0.25, 0.3) is 0 Å². The quantitative estimate of drug-likeness (QED) is 0.333. The van der Waals surface area contributed by atoms with Gasteiger partial charge in [-0.2, -0.15) is 0 Å². The Balaban J connectivity index is 2.19. The van der Waals surface area contributed by atoms with Gasteiger partial charge in [0.1, 0.15) is 11.6 Å². The van der Waals surface area contributed by atoms with Gasteiger partial charge >= 0.3 is 0 Å². The van der Waals surface area contributed by atoms with Crippen LogP contribution >= 0.6 is 0 Å². The van der Waals surface area contributed by atoms with Crippen molar-refractivity contribution in [3.63, 3.8) is 0 Å². The number of rotatable bonds is 4. The summed E-state index contributed by atoms with van der Waals surface area (Å²) in [6.45, 7) is 2.33. The number of carbonyl (C=O) groups is 1. The molecule has 2 unspecified atom stereocenters. The highest BCUT2D eigenvalue weighted by atomic mass is 16.5. The van der Waals surface area contributed by atoms with Crippen LogP contribution in [-0.2, 0) is 9.53 Å². The van der Waals surface area contributed by atoms with E-state index in [9.17, 15) is 4.79 Å². The maximum Gasteiger partial charge on any atom is 0.252 e. The fourth-order valence-electron chi connectivity index (χ4n) is 2.27. The Hall–Kier alpha value is -2.08. The summed E-state index contributed by atoms with van der Waals surface area (Å²) in [5, 5.41) is 14.7. The number of hydrogen-bond acceptors (Lipinski definition) is 4. The average Bonchev–Trinajstić information content (AvgIpc) is 2.93. The minimum atomic E-state index is -0.844. The highest BCUT2D eigenvalue weighted by molar-refractivity contribution is 5.93. The van der Waals surface area contributed by atoms with Crippen molar-refractivity contribution in [3.8, 4) is 0 Å². The van der Waals surface area contributed by atoms with E-state index in [0.29, 0.717) is 13.0 Å². The normalized spacial score (nSPS) is 24.4. The lowest BCUT2D eigenvalue weighted by atomic mass is 9.99. The topological polar surface area (TPSA) is 96.9 Å². The first-order chi connectivity index (χ1) is 9.57. The minimum Gasteiger partial charge on any atom is -0.409 e. The molecule has 0 saturated carbocycles. The summed E-state index contributed by atoms with van der Waals surface area (Å²) >= 11 is 0. The highest BCUT2D eigenvalue weighted by Crippen LogP contribution is 2.26. The van der Waals surface area contributed by atoms with E-state index in [1.807, 2.05) is 18.2 Å². The van der Waals surface area contributed by atoms with Crippen LogP contribution in [0, 0.1) is 0 Å². The second-order valence-electron chi connectivity index (χ2n) is 5.02. The van der Waals surface area contributed by atoms with Crippen molar-refractivity contribution in [1.82, 2.24) is 5.32 Å². The standard InChI is InChI=1S/C14H19N3O3/c1-14(8-5-9-20-14)13(18)16-11(12(15)17-19)10-6-3-2-4-7-10/h2-4,6-7,11,19H,5,8-9H2,1H3,(H2,15,17)(H,16,18). The number of nitrogens with two attached hydrogens (primary N) is 1. The average molecular weight is 277 g/mol. The SMILES string of the molecule is CC1(C(=O)NC(/C(N)=N/O)c2ccccc2)CCCO1. The lowest BCUT2D eigenvalue weighted by Gasteiger charge is -2.26. The van der Waals surface area contributed by atoms with E-state index in [2.05, 4.69) is 10.5 Å². The number of carbonyl (C=O) groups excluding carboxylic acids is 1. The van der Waals surface area contributed by atoms with Crippen molar-refractivity contribution in [2.45, 2.75) is 31.4 Å². The summed E-state index contributed by atoms with van der Waals surface area (Å²) < 4.78 is 5.50. The number of hydrogen-bond donors (Lipinski definition) is 3. The van der Waals surface area contributed by atoms with Crippen molar-refractivity contribution in [2.24, 2.45) is 10.9 Å². The van der Waals surface area contributed by atoms with Gasteiger partial charge in [-0.25, -0.2) is 0 Å². The fraction of sp³-hybridized carbons (Fsp3) is 0.429. The molecule has 20 heavy (non-hydrogen) atoms. The number of oxime groups is 1. The van der Waals surface area contributed by atoms with E-state index in [4.69, 9.17) is 15.7 Å². The molecular weight excluding hydrogens is 258 g/mol. The predicted molar refractivity (Wildman–Crippen MR) is 74.3 cm³/mol. The Morgan fingerprint density at radius 1 is 1.50 bits per heavy atom. The molecule has 108 valence electrons. The Bertz CT molecular complexity index is 496. The van der Waals surface area contributed by atoms with E-state index in [-0.39, 0.29) is 11.7 Å². The number of amides is 1. The Morgan fingerprint density at radius 3 is 2.75 bits per heavy atom. The summed E-state index contributed by atoms with van der Waals surface area (Å²) in [4.78, 5) is 12.3. The zero-order valence-electron chi connectivity index (χ0n) is 11.4. The largest absolute Gasteiger partial charge is 0.409 e. The van der Waals surface area contributed by atoms with Crippen LogP contribution < -0.4 is 11.1 Å². The maximum absolute atomic E-state index is 12.3. The lowest BCUT2D eigenvalue weighted by molar-refractivity contribution is -0.139. The first-order valence-electron chi connectivity index (χ1n) is 6.54. The second kappa shape index (κ2) is 5.92. The van der Waals surface area contributed by atoms with Crippen molar-refractivity contribution < 1.29 is 14.7 Å². The van der Waals surface area contributed by atoms with Crippen LogP contribution in [0.1, 0.15) is 31.4 Å². The molecule has 1 aromatic rings. The molecule has 1 heterocycles. The van der Waals surface area contributed by atoms with E-state index in [1.165, 1.54) is 0 Å². The first kappa shape index (κ1) is 14.3. The lowest BCUT2D eigenvalue weighted by Crippen LogP contribution is -2.48. The molecule has 1 saturated heterocycles. The molecule has 0 aliphatic carbocycles. The third-order valence-corrected chi connectivity index (χ3v) is 3.52. The third-order valence-electron chi connectivity index (χ3n) is 3.52. The van der Waals surface area contributed by atoms with Gasteiger partial charge < -0.3 is 21.0 Å². The van der Waals surface area contributed by atoms with E-state index >= 15 is 0 Å². The van der Waals surface area contributed by atoms with Gasteiger partial charge in [0.2, 0.25) is 0 Å². The van der Waals surface area contributed by atoms with Crippen LogP contribution in [0.3, 0.4) is 0 Å². The molecule has 1 aliphatic rings. The van der Waals surface area contributed by atoms with Gasteiger partial charge in [-0.15, -0.1) is 0 Å². The summed E-state index contributed by atoms with van der Waals surface area (Å²) in [6, 6.07) is 8.45. The molecule has 6 nitrogen and oxygen atoms in total. The Kier molecular flexibility index (Phi) is 4.24. The van der Waals surface area contributed by atoms with E-state index in [0.717, 1.165) is 12.0 Å². The zero-order valence-corrected chi connectivity index (χ0v) is 11.4. The highest BCUT2D eigenvalue weighted by Gasteiger charge is 2.39. The number of ether oxygens (including phenoxy) is 1. The Labute approximate surface area is 117 Å². The van der Waals surface area contributed by atoms with Crippen molar-refractivity contribution in [1.29, 1.82) is 0 Å². The molecule has 1 fully saturated rings. The maximum atomic E-state index is 12.3. The zero-order chi connectivity index (χ0) is 14.6.